The Labute approximate surface area is 116 Å². The Morgan fingerprint density at radius 2 is 2.00 bits per heavy atom. The molecule has 1 aromatic rings. The van der Waals surface area contributed by atoms with Crippen LogP contribution < -0.4 is 5.73 Å². The molecule has 0 aliphatic carbocycles. The van der Waals surface area contributed by atoms with E-state index in [0.29, 0.717) is 5.92 Å². The van der Waals surface area contributed by atoms with Gasteiger partial charge in [0.25, 0.3) is 0 Å². The summed E-state index contributed by atoms with van der Waals surface area (Å²) in [5, 5.41) is 0. The Hall–Kier alpha value is 0.160. The lowest BCUT2D eigenvalue weighted by molar-refractivity contribution is 0.0584. The predicted molar refractivity (Wildman–Crippen MR) is 76.9 cm³/mol. The molecule has 1 atom stereocenters. The molecule has 1 heterocycles. The Kier molecular flexibility index (Phi) is 6.03. The average molecular weight is 354 g/mol. The first-order valence-corrected chi connectivity index (χ1v) is 6.44. The third kappa shape index (κ3) is 3.58. The molecule has 90 valence electrons. The quantitative estimate of drug-likeness (QED) is 0.829. The van der Waals surface area contributed by atoms with E-state index in [0.717, 1.165) is 26.1 Å². The fourth-order valence-electron chi connectivity index (χ4n) is 2.06. The number of hydrogen-bond donors (Lipinski definition) is 1. The van der Waals surface area contributed by atoms with Crippen LogP contribution in [0.5, 0.6) is 0 Å². The smallest absolute Gasteiger partial charge is 0.0469 e. The molecule has 0 amide bonds. The average Bonchev–Trinajstić information content (AvgIpc) is 2.29. The van der Waals surface area contributed by atoms with E-state index in [9.17, 15) is 0 Å². The summed E-state index contributed by atoms with van der Waals surface area (Å²) in [5.74, 6) is 0.581. The summed E-state index contributed by atoms with van der Waals surface area (Å²) in [6.45, 7) is 1.73. The maximum Gasteiger partial charge on any atom is 0.0469 e. The molecule has 1 aliphatic heterocycles. The molecule has 2 N–H and O–H groups in total. The summed E-state index contributed by atoms with van der Waals surface area (Å²) in [4.78, 5) is 0. The zero-order chi connectivity index (χ0) is 10.7. The Balaban J connectivity index is 0.00000128. The van der Waals surface area contributed by atoms with Gasteiger partial charge in [-0.15, -0.1) is 12.4 Å². The topological polar surface area (TPSA) is 35.2 Å². The van der Waals surface area contributed by atoms with Crippen molar-refractivity contribution in [2.75, 3.05) is 13.2 Å². The number of halogens is 2. The molecule has 2 nitrogen and oxygen atoms in total. The molecule has 1 saturated heterocycles. The highest BCUT2D eigenvalue weighted by atomic mass is 127. The van der Waals surface area contributed by atoms with Crippen molar-refractivity contribution >= 4 is 35.0 Å². The van der Waals surface area contributed by atoms with Crippen LogP contribution in [0.25, 0.3) is 0 Å². The van der Waals surface area contributed by atoms with Crippen LogP contribution in [0.1, 0.15) is 24.4 Å². The van der Waals surface area contributed by atoms with E-state index < -0.39 is 0 Å². The second-order valence-corrected chi connectivity index (χ2v) is 5.28. The van der Waals surface area contributed by atoms with Crippen molar-refractivity contribution in [2.24, 2.45) is 11.7 Å². The summed E-state index contributed by atoms with van der Waals surface area (Å²) >= 11 is 2.33. The van der Waals surface area contributed by atoms with Gasteiger partial charge in [0.2, 0.25) is 0 Å². The summed E-state index contributed by atoms with van der Waals surface area (Å²) in [6, 6.07) is 8.66. The van der Waals surface area contributed by atoms with Crippen LogP contribution in [0.3, 0.4) is 0 Å². The highest BCUT2D eigenvalue weighted by molar-refractivity contribution is 14.1. The van der Waals surface area contributed by atoms with Crippen LogP contribution in [0.15, 0.2) is 24.3 Å². The van der Waals surface area contributed by atoms with E-state index in [1.165, 1.54) is 9.13 Å². The molecule has 16 heavy (non-hydrogen) atoms. The van der Waals surface area contributed by atoms with Crippen LogP contribution in [-0.4, -0.2) is 13.2 Å². The van der Waals surface area contributed by atoms with Crippen molar-refractivity contribution in [3.8, 4) is 0 Å². The third-order valence-corrected chi connectivity index (χ3v) is 3.68. The zero-order valence-electron chi connectivity index (χ0n) is 9.06. The summed E-state index contributed by atoms with van der Waals surface area (Å²) in [6.07, 6.45) is 2.18. The Bertz CT molecular complexity index is 329. The van der Waals surface area contributed by atoms with Gasteiger partial charge in [0.15, 0.2) is 0 Å². The van der Waals surface area contributed by atoms with Crippen LogP contribution in [0.4, 0.5) is 0 Å². The van der Waals surface area contributed by atoms with E-state index in [1.807, 2.05) is 0 Å². The van der Waals surface area contributed by atoms with Gasteiger partial charge >= 0.3 is 0 Å². The molecule has 0 bridgehead atoms. The van der Waals surface area contributed by atoms with Gasteiger partial charge < -0.3 is 10.5 Å². The van der Waals surface area contributed by atoms with Gasteiger partial charge in [0, 0.05) is 22.8 Å². The number of benzene rings is 1. The second-order valence-electron chi connectivity index (χ2n) is 4.03. The number of nitrogens with two attached hydrogens (primary N) is 1. The summed E-state index contributed by atoms with van der Waals surface area (Å²) in [5.41, 5.74) is 7.54. The fraction of sp³-hybridized carbons (Fsp3) is 0.500. The van der Waals surface area contributed by atoms with Gasteiger partial charge in [0.1, 0.15) is 0 Å². The Morgan fingerprint density at radius 3 is 2.62 bits per heavy atom. The SMILES string of the molecule is Cl.N[C@H](c1cccc(I)c1)C1CCOCC1. The molecule has 0 radical (unpaired) electrons. The van der Waals surface area contributed by atoms with Crippen molar-refractivity contribution < 1.29 is 4.74 Å². The van der Waals surface area contributed by atoms with Crippen molar-refractivity contribution in [3.05, 3.63) is 33.4 Å². The maximum absolute atomic E-state index is 6.28. The number of ether oxygens (including phenoxy) is 1. The predicted octanol–water partition coefficient (Wildman–Crippen LogP) is 3.14. The number of rotatable bonds is 2. The van der Waals surface area contributed by atoms with E-state index >= 15 is 0 Å². The van der Waals surface area contributed by atoms with E-state index in [4.69, 9.17) is 10.5 Å². The first-order valence-electron chi connectivity index (χ1n) is 5.36. The molecule has 1 aliphatic rings. The number of hydrogen-bond acceptors (Lipinski definition) is 2. The molecular formula is C12H17ClINO. The molecule has 1 aromatic carbocycles. The minimum Gasteiger partial charge on any atom is -0.381 e. The van der Waals surface area contributed by atoms with E-state index in [-0.39, 0.29) is 18.4 Å². The van der Waals surface area contributed by atoms with Crippen molar-refractivity contribution in [2.45, 2.75) is 18.9 Å². The molecule has 0 spiro atoms. The molecular weight excluding hydrogens is 336 g/mol. The van der Waals surface area contributed by atoms with Crippen LogP contribution in [0, 0.1) is 9.49 Å². The second kappa shape index (κ2) is 6.79. The van der Waals surface area contributed by atoms with E-state index in [2.05, 4.69) is 46.9 Å². The standard InChI is InChI=1S/C12H16INO.ClH/c13-11-3-1-2-10(8-11)12(14)9-4-6-15-7-5-9;/h1-3,8-9,12H,4-7,14H2;1H/t12-;/m0./s1. The highest BCUT2D eigenvalue weighted by Crippen LogP contribution is 2.28. The first kappa shape index (κ1) is 14.2. The largest absolute Gasteiger partial charge is 0.381 e. The minimum atomic E-state index is 0. The third-order valence-electron chi connectivity index (χ3n) is 3.01. The molecule has 0 aromatic heterocycles. The van der Waals surface area contributed by atoms with Gasteiger partial charge in [-0.3, -0.25) is 0 Å². The summed E-state index contributed by atoms with van der Waals surface area (Å²) in [7, 11) is 0. The molecule has 2 rings (SSSR count). The molecule has 1 fully saturated rings. The van der Waals surface area contributed by atoms with Gasteiger partial charge in [-0.2, -0.15) is 0 Å². The maximum atomic E-state index is 6.28. The highest BCUT2D eigenvalue weighted by Gasteiger charge is 2.22. The van der Waals surface area contributed by atoms with Gasteiger partial charge in [-0.1, -0.05) is 12.1 Å². The van der Waals surface area contributed by atoms with Gasteiger partial charge in [-0.25, -0.2) is 0 Å². The lowest BCUT2D eigenvalue weighted by atomic mass is 9.88. The molecule has 0 saturated carbocycles. The first-order chi connectivity index (χ1) is 7.27. The Morgan fingerprint density at radius 1 is 1.31 bits per heavy atom. The van der Waals surface area contributed by atoms with Gasteiger partial charge in [0.05, 0.1) is 0 Å². The van der Waals surface area contributed by atoms with Gasteiger partial charge in [-0.05, 0) is 59.0 Å². The minimum absolute atomic E-state index is 0. The lowest BCUT2D eigenvalue weighted by Crippen LogP contribution is -2.27. The normalized spacial score (nSPS) is 18.9. The zero-order valence-corrected chi connectivity index (χ0v) is 12.0. The van der Waals surface area contributed by atoms with E-state index in [1.54, 1.807) is 0 Å². The van der Waals surface area contributed by atoms with Crippen molar-refractivity contribution in [1.82, 2.24) is 0 Å². The summed E-state index contributed by atoms with van der Waals surface area (Å²) < 4.78 is 6.61. The van der Waals surface area contributed by atoms with Crippen LogP contribution in [0.2, 0.25) is 0 Å². The van der Waals surface area contributed by atoms with Crippen molar-refractivity contribution in [1.29, 1.82) is 0 Å². The van der Waals surface area contributed by atoms with Crippen molar-refractivity contribution in [3.63, 3.8) is 0 Å². The lowest BCUT2D eigenvalue weighted by Gasteiger charge is -2.27. The molecule has 4 heteroatoms. The fourth-order valence-corrected chi connectivity index (χ4v) is 2.63. The monoisotopic (exact) mass is 353 g/mol. The van der Waals surface area contributed by atoms with Crippen LogP contribution in [-0.2, 0) is 4.74 Å². The van der Waals surface area contributed by atoms with Crippen LogP contribution >= 0.6 is 35.0 Å². The molecule has 0 unspecified atom stereocenters.